The van der Waals surface area contributed by atoms with Crippen molar-refractivity contribution < 1.29 is 4.74 Å². The van der Waals surface area contributed by atoms with Gasteiger partial charge in [-0.25, -0.2) is 0 Å². The van der Waals surface area contributed by atoms with Crippen LogP contribution in [0.4, 0.5) is 0 Å². The molecule has 0 atom stereocenters. The number of aromatic amines is 1. The van der Waals surface area contributed by atoms with Gasteiger partial charge in [0.25, 0.3) is 5.88 Å². The number of H-pyrrole nitrogens is 1. The van der Waals surface area contributed by atoms with Crippen LogP contribution in [-0.2, 0) is 6.42 Å². The molecule has 2 rings (SSSR count). The number of rotatable bonds is 3. The molecule has 100 valence electrons. The van der Waals surface area contributed by atoms with Crippen molar-refractivity contribution in [2.75, 3.05) is 0 Å². The Hall–Kier alpha value is -0.350. The number of aromatic nitrogens is 2. The number of halogens is 3. The minimum absolute atomic E-state index is 0.00164. The summed E-state index contributed by atoms with van der Waals surface area (Å²) in [6, 6.07) is 5.26. The maximum atomic E-state index is 11.7. The van der Waals surface area contributed by atoms with Gasteiger partial charge in [-0.2, -0.15) is 0 Å². The van der Waals surface area contributed by atoms with Gasteiger partial charge in [0.15, 0.2) is 0 Å². The van der Waals surface area contributed by atoms with Gasteiger partial charge in [0, 0.05) is 9.64 Å². The Bertz CT molecular complexity index is 673. The minimum Gasteiger partial charge on any atom is -0.433 e. The SMILES string of the molecule is CCc1cc(I)cc(I)c1Oc1n[nH]c(Cl)cc1=O. The Kier molecular flexibility index (Phi) is 5.07. The first-order valence-electron chi connectivity index (χ1n) is 5.42. The summed E-state index contributed by atoms with van der Waals surface area (Å²) in [5.41, 5.74) is 0.688. The van der Waals surface area contributed by atoms with E-state index in [0.717, 1.165) is 19.1 Å². The fraction of sp³-hybridized carbons (Fsp3) is 0.167. The first-order chi connectivity index (χ1) is 9.01. The van der Waals surface area contributed by atoms with Gasteiger partial charge in [-0.05, 0) is 69.3 Å². The average Bonchev–Trinajstić information content (AvgIpc) is 2.34. The fourth-order valence-corrected chi connectivity index (χ4v) is 3.75. The van der Waals surface area contributed by atoms with E-state index in [4.69, 9.17) is 16.3 Å². The lowest BCUT2D eigenvalue weighted by atomic mass is 10.1. The number of ether oxygens (including phenoxy) is 1. The fourth-order valence-electron chi connectivity index (χ4n) is 1.53. The van der Waals surface area contributed by atoms with Crippen molar-refractivity contribution in [3.63, 3.8) is 0 Å². The smallest absolute Gasteiger partial charge is 0.285 e. The van der Waals surface area contributed by atoms with Crippen LogP contribution in [0.15, 0.2) is 23.0 Å². The molecule has 0 amide bonds. The summed E-state index contributed by atoms with van der Waals surface area (Å²) in [6.45, 7) is 2.04. The maximum Gasteiger partial charge on any atom is 0.285 e. The molecule has 0 saturated carbocycles. The summed E-state index contributed by atoms with van der Waals surface area (Å²) in [6.07, 6.45) is 0.813. The molecular weight excluding hydrogens is 493 g/mol. The second-order valence-electron chi connectivity index (χ2n) is 3.72. The molecule has 1 aromatic carbocycles. The van der Waals surface area contributed by atoms with E-state index in [1.54, 1.807) is 0 Å². The molecule has 1 N–H and O–H groups in total. The molecule has 4 nitrogen and oxygen atoms in total. The second kappa shape index (κ2) is 6.40. The lowest BCUT2D eigenvalue weighted by molar-refractivity contribution is 0.442. The van der Waals surface area contributed by atoms with E-state index in [1.165, 1.54) is 6.07 Å². The molecule has 0 spiro atoms. The van der Waals surface area contributed by atoms with Crippen LogP contribution in [-0.4, -0.2) is 10.2 Å². The van der Waals surface area contributed by atoms with Crippen LogP contribution in [0, 0.1) is 7.14 Å². The predicted octanol–water partition coefficient (Wildman–Crippen LogP) is 3.99. The highest BCUT2D eigenvalue weighted by Gasteiger charge is 2.13. The Morgan fingerprint density at radius 1 is 1.37 bits per heavy atom. The minimum atomic E-state index is -0.347. The normalized spacial score (nSPS) is 10.5. The van der Waals surface area contributed by atoms with Crippen LogP contribution in [0.25, 0.3) is 0 Å². The number of aryl methyl sites for hydroxylation is 1. The zero-order valence-corrected chi connectivity index (χ0v) is 14.9. The molecule has 0 radical (unpaired) electrons. The van der Waals surface area contributed by atoms with Crippen molar-refractivity contribution >= 4 is 56.8 Å². The van der Waals surface area contributed by atoms with Crippen LogP contribution in [0.1, 0.15) is 12.5 Å². The third-order valence-corrected chi connectivity index (χ3v) is 4.02. The van der Waals surface area contributed by atoms with Gasteiger partial charge in [-0.1, -0.05) is 18.5 Å². The predicted molar refractivity (Wildman–Crippen MR) is 91.2 cm³/mol. The van der Waals surface area contributed by atoms with Crippen LogP contribution in [0.2, 0.25) is 5.15 Å². The van der Waals surface area contributed by atoms with E-state index in [1.807, 2.05) is 19.1 Å². The Morgan fingerprint density at radius 2 is 2.11 bits per heavy atom. The molecule has 0 aliphatic rings. The van der Waals surface area contributed by atoms with E-state index >= 15 is 0 Å². The van der Waals surface area contributed by atoms with Crippen LogP contribution >= 0.6 is 56.8 Å². The van der Waals surface area contributed by atoms with E-state index < -0.39 is 0 Å². The zero-order valence-electron chi connectivity index (χ0n) is 9.84. The zero-order chi connectivity index (χ0) is 14.0. The summed E-state index contributed by atoms with van der Waals surface area (Å²) in [7, 11) is 0. The van der Waals surface area contributed by atoms with Gasteiger partial charge >= 0.3 is 0 Å². The Labute approximate surface area is 142 Å². The molecule has 0 saturated heterocycles. The van der Waals surface area contributed by atoms with Crippen LogP contribution in [0.3, 0.4) is 0 Å². The molecule has 1 aromatic heterocycles. The quantitative estimate of drug-likeness (QED) is 0.646. The summed E-state index contributed by atoms with van der Waals surface area (Å²) < 4.78 is 7.72. The standard InChI is InChI=1S/C12H9ClI2N2O2/c1-2-6-3-7(14)4-8(15)11(6)19-12-9(18)5-10(13)16-17-12/h3-5H,2H2,1H3,(H,16,18). The van der Waals surface area contributed by atoms with Gasteiger partial charge in [0.2, 0.25) is 5.43 Å². The number of hydrogen-bond acceptors (Lipinski definition) is 3. The first-order valence-corrected chi connectivity index (χ1v) is 7.95. The van der Waals surface area contributed by atoms with E-state index in [-0.39, 0.29) is 16.5 Å². The van der Waals surface area contributed by atoms with Crippen molar-refractivity contribution in [2.24, 2.45) is 0 Å². The number of benzene rings is 1. The lowest BCUT2D eigenvalue weighted by Gasteiger charge is -2.11. The first kappa shape index (κ1) is 15.0. The van der Waals surface area contributed by atoms with Crippen molar-refractivity contribution in [2.45, 2.75) is 13.3 Å². The topological polar surface area (TPSA) is 55.0 Å². The Morgan fingerprint density at radius 3 is 2.74 bits per heavy atom. The average molecular weight is 502 g/mol. The van der Waals surface area contributed by atoms with E-state index in [2.05, 4.69) is 55.4 Å². The van der Waals surface area contributed by atoms with Crippen molar-refractivity contribution in [3.05, 3.63) is 46.3 Å². The second-order valence-corrected chi connectivity index (χ2v) is 6.53. The summed E-state index contributed by atoms with van der Waals surface area (Å²) in [4.78, 5) is 11.7. The van der Waals surface area contributed by atoms with Gasteiger partial charge in [-0.3, -0.25) is 9.89 Å². The van der Waals surface area contributed by atoms with Crippen molar-refractivity contribution in [1.29, 1.82) is 0 Å². The van der Waals surface area contributed by atoms with Gasteiger partial charge in [0.05, 0.1) is 3.57 Å². The van der Waals surface area contributed by atoms with Crippen molar-refractivity contribution in [3.8, 4) is 11.6 Å². The molecule has 1 heterocycles. The molecule has 0 fully saturated rings. The molecule has 2 aromatic rings. The van der Waals surface area contributed by atoms with Crippen LogP contribution < -0.4 is 10.2 Å². The summed E-state index contributed by atoms with van der Waals surface area (Å²) >= 11 is 10.1. The molecule has 0 bridgehead atoms. The highest BCUT2D eigenvalue weighted by Crippen LogP contribution is 2.31. The third kappa shape index (κ3) is 3.60. The molecule has 19 heavy (non-hydrogen) atoms. The summed E-state index contributed by atoms with van der Waals surface area (Å²) in [5.74, 6) is 0.669. The lowest BCUT2D eigenvalue weighted by Crippen LogP contribution is -2.09. The summed E-state index contributed by atoms with van der Waals surface area (Å²) in [5, 5.41) is 6.52. The number of hydrogen-bond donors (Lipinski definition) is 1. The van der Waals surface area contributed by atoms with Gasteiger partial charge < -0.3 is 4.74 Å². The molecule has 0 unspecified atom stereocenters. The van der Waals surface area contributed by atoms with Crippen molar-refractivity contribution in [1.82, 2.24) is 10.2 Å². The largest absolute Gasteiger partial charge is 0.433 e. The molecule has 7 heteroatoms. The monoisotopic (exact) mass is 502 g/mol. The number of nitrogens with zero attached hydrogens (tertiary/aromatic N) is 1. The molecule has 0 aliphatic heterocycles. The maximum absolute atomic E-state index is 11.7. The highest BCUT2D eigenvalue weighted by atomic mass is 127. The van der Waals surface area contributed by atoms with E-state index in [9.17, 15) is 4.79 Å². The molecule has 0 aliphatic carbocycles. The molecular formula is C12H9ClI2N2O2. The highest BCUT2D eigenvalue weighted by molar-refractivity contribution is 14.1. The number of nitrogens with one attached hydrogen (secondary N) is 1. The van der Waals surface area contributed by atoms with E-state index in [0.29, 0.717) is 5.75 Å². The Balaban J connectivity index is 2.46. The van der Waals surface area contributed by atoms with Crippen LogP contribution in [0.5, 0.6) is 11.6 Å². The van der Waals surface area contributed by atoms with Gasteiger partial charge in [0.1, 0.15) is 10.9 Å². The van der Waals surface area contributed by atoms with Gasteiger partial charge in [-0.15, -0.1) is 5.10 Å². The third-order valence-electron chi connectivity index (χ3n) is 2.40.